The molecule has 0 saturated heterocycles. The molecular formula is C12H13N7. The predicted octanol–water partition coefficient (Wildman–Crippen LogP) is 1.01. The maximum Gasteiger partial charge on any atom is 0.175 e. The number of tetrazole rings is 1. The Labute approximate surface area is 109 Å². The number of anilines is 1. The van der Waals surface area contributed by atoms with Gasteiger partial charge in [-0.2, -0.15) is 9.78 Å². The molecule has 2 aromatic heterocycles. The van der Waals surface area contributed by atoms with E-state index in [9.17, 15) is 0 Å². The normalized spacial score (nSPS) is 10.6. The molecule has 3 aromatic rings. The first-order valence-electron chi connectivity index (χ1n) is 5.88. The fourth-order valence-corrected chi connectivity index (χ4v) is 1.78. The summed E-state index contributed by atoms with van der Waals surface area (Å²) in [6.45, 7) is 0.535. The van der Waals surface area contributed by atoms with Crippen LogP contribution in [0.5, 0.6) is 0 Å². The quantitative estimate of drug-likeness (QED) is 0.753. The summed E-state index contributed by atoms with van der Waals surface area (Å²) >= 11 is 0. The fraction of sp³-hybridized carbons (Fsp3) is 0.167. The molecule has 0 radical (unpaired) electrons. The van der Waals surface area contributed by atoms with Gasteiger partial charge in [0.05, 0.1) is 24.1 Å². The molecule has 0 spiro atoms. The van der Waals surface area contributed by atoms with Crippen molar-refractivity contribution in [1.82, 2.24) is 30.0 Å². The molecular weight excluding hydrogens is 242 g/mol. The highest BCUT2D eigenvalue weighted by molar-refractivity contribution is 5.38. The highest BCUT2D eigenvalue weighted by Gasteiger charge is 2.07. The van der Waals surface area contributed by atoms with Gasteiger partial charge >= 0.3 is 0 Å². The summed E-state index contributed by atoms with van der Waals surface area (Å²) < 4.78 is 3.45. The van der Waals surface area contributed by atoms with Crippen molar-refractivity contribution in [2.75, 3.05) is 5.32 Å². The van der Waals surface area contributed by atoms with Crippen molar-refractivity contribution < 1.29 is 0 Å². The first-order chi connectivity index (χ1) is 9.33. The minimum atomic E-state index is 0.535. The van der Waals surface area contributed by atoms with E-state index in [1.165, 1.54) is 0 Å². The minimum Gasteiger partial charge on any atom is -0.375 e. The highest BCUT2D eigenvalue weighted by Crippen LogP contribution is 2.09. The van der Waals surface area contributed by atoms with Gasteiger partial charge in [-0.25, -0.2) is 0 Å². The zero-order valence-electron chi connectivity index (χ0n) is 10.4. The lowest BCUT2D eigenvalue weighted by molar-refractivity contribution is 0.766. The second-order valence-corrected chi connectivity index (χ2v) is 4.10. The van der Waals surface area contributed by atoms with E-state index in [1.807, 2.05) is 43.6 Å². The molecule has 0 unspecified atom stereocenters. The molecule has 0 saturated carbocycles. The van der Waals surface area contributed by atoms with E-state index < -0.39 is 0 Å². The number of hydrogen-bond acceptors (Lipinski definition) is 5. The van der Waals surface area contributed by atoms with Crippen LogP contribution in [-0.2, 0) is 13.6 Å². The summed E-state index contributed by atoms with van der Waals surface area (Å²) in [5.74, 6) is 0.745. The molecule has 0 bridgehead atoms. The zero-order chi connectivity index (χ0) is 13.1. The highest BCUT2D eigenvalue weighted by atomic mass is 15.5. The maximum absolute atomic E-state index is 4.09. The van der Waals surface area contributed by atoms with Gasteiger partial charge in [0.1, 0.15) is 0 Å². The first-order valence-corrected chi connectivity index (χ1v) is 5.88. The minimum absolute atomic E-state index is 0.535. The molecule has 19 heavy (non-hydrogen) atoms. The Morgan fingerprint density at radius 3 is 2.79 bits per heavy atom. The first kappa shape index (κ1) is 11.4. The van der Waals surface area contributed by atoms with Crippen LogP contribution in [-0.4, -0.2) is 30.0 Å². The van der Waals surface area contributed by atoms with Crippen LogP contribution in [0.25, 0.3) is 5.69 Å². The van der Waals surface area contributed by atoms with Gasteiger partial charge < -0.3 is 5.32 Å². The summed E-state index contributed by atoms with van der Waals surface area (Å²) in [4.78, 5) is 0. The maximum atomic E-state index is 4.09. The standard InChI is InChI=1S/C12H13N7/c1-18-9-10(7-14-18)13-8-12-15-16-17-19(12)11-5-3-2-4-6-11/h2-7,9,13H,8H2,1H3. The summed E-state index contributed by atoms with van der Waals surface area (Å²) in [7, 11) is 1.87. The largest absolute Gasteiger partial charge is 0.375 e. The Kier molecular flexibility index (Phi) is 2.93. The van der Waals surface area contributed by atoms with Crippen molar-refractivity contribution in [3.8, 4) is 5.69 Å². The molecule has 1 aromatic carbocycles. The molecule has 3 rings (SSSR count). The molecule has 96 valence electrons. The van der Waals surface area contributed by atoms with Gasteiger partial charge in [0.2, 0.25) is 0 Å². The van der Waals surface area contributed by atoms with E-state index >= 15 is 0 Å². The Morgan fingerprint density at radius 2 is 2.05 bits per heavy atom. The number of nitrogens with one attached hydrogen (secondary N) is 1. The fourth-order valence-electron chi connectivity index (χ4n) is 1.78. The molecule has 0 aliphatic carbocycles. The van der Waals surface area contributed by atoms with Gasteiger partial charge in [0.25, 0.3) is 0 Å². The summed E-state index contributed by atoms with van der Waals surface area (Å²) in [6, 6.07) is 9.79. The average molecular weight is 255 g/mol. The van der Waals surface area contributed by atoms with Crippen LogP contribution in [0.2, 0.25) is 0 Å². The third kappa shape index (κ3) is 2.44. The predicted molar refractivity (Wildman–Crippen MR) is 69.7 cm³/mol. The molecule has 7 heteroatoms. The topological polar surface area (TPSA) is 73.5 Å². The molecule has 0 amide bonds. The second-order valence-electron chi connectivity index (χ2n) is 4.10. The number of nitrogens with zero attached hydrogens (tertiary/aromatic N) is 6. The van der Waals surface area contributed by atoms with Crippen molar-refractivity contribution in [2.45, 2.75) is 6.54 Å². The van der Waals surface area contributed by atoms with Crippen molar-refractivity contribution in [3.63, 3.8) is 0 Å². The van der Waals surface area contributed by atoms with E-state index in [4.69, 9.17) is 0 Å². The van der Waals surface area contributed by atoms with Crippen LogP contribution in [0.3, 0.4) is 0 Å². The van der Waals surface area contributed by atoms with Gasteiger partial charge in [0.15, 0.2) is 5.82 Å². The van der Waals surface area contributed by atoms with Crippen LogP contribution >= 0.6 is 0 Å². The van der Waals surface area contributed by atoms with Crippen molar-refractivity contribution in [3.05, 3.63) is 48.5 Å². The summed E-state index contributed by atoms with van der Waals surface area (Å²) in [5.41, 5.74) is 1.88. The van der Waals surface area contributed by atoms with E-state index in [0.29, 0.717) is 6.54 Å². The third-order valence-corrected chi connectivity index (χ3v) is 2.69. The van der Waals surface area contributed by atoms with E-state index in [2.05, 4.69) is 25.9 Å². The van der Waals surface area contributed by atoms with Crippen molar-refractivity contribution in [1.29, 1.82) is 0 Å². The number of aromatic nitrogens is 6. The number of benzene rings is 1. The Balaban J connectivity index is 1.77. The molecule has 0 atom stereocenters. The third-order valence-electron chi connectivity index (χ3n) is 2.69. The van der Waals surface area contributed by atoms with E-state index in [0.717, 1.165) is 17.2 Å². The smallest absolute Gasteiger partial charge is 0.175 e. The summed E-state index contributed by atoms with van der Waals surface area (Å²) in [6.07, 6.45) is 3.66. The number of para-hydroxylation sites is 1. The number of hydrogen-bond donors (Lipinski definition) is 1. The van der Waals surface area contributed by atoms with Crippen LogP contribution in [0.1, 0.15) is 5.82 Å². The van der Waals surface area contributed by atoms with Gasteiger partial charge in [0, 0.05) is 13.2 Å². The summed E-state index contributed by atoms with van der Waals surface area (Å²) in [5, 5.41) is 19.1. The van der Waals surface area contributed by atoms with Crippen LogP contribution in [0.15, 0.2) is 42.7 Å². The molecule has 7 nitrogen and oxygen atoms in total. The Bertz CT molecular complexity index is 656. The van der Waals surface area contributed by atoms with Crippen LogP contribution in [0.4, 0.5) is 5.69 Å². The number of aryl methyl sites for hydroxylation is 1. The lowest BCUT2D eigenvalue weighted by Gasteiger charge is -2.05. The lowest BCUT2D eigenvalue weighted by Crippen LogP contribution is -2.08. The van der Waals surface area contributed by atoms with Crippen molar-refractivity contribution in [2.24, 2.45) is 7.05 Å². The van der Waals surface area contributed by atoms with E-state index in [-0.39, 0.29) is 0 Å². The van der Waals surface area contributed by atoms with E-state index in [1.54, 1.807) is 15.6 Å². The Hall–Kier alpha value is -2.70. The monoisotopic (exact) mass is 255 g/mol. The molecule has 0 aliphatic rings. The molecule has 0 aliphatic heterocycles. The van der Waals surface area contributed by atoms with Crippen LogP contribution in [0, 0.1) is 0 Å². The van der Waals surface area contributed by atoms with Gasteiger partial charge in [-0.05, 0) is 22.6 Å². The molecule has 2 heterocycles. The zero-order valence-corrected chi connectivity index (χ0v) is 10.4. The van der Waals surface area contributed by atoms with Gasteiger partial charge in [-0.3, -0.25) is 4.68 Å². The second kappa shape index (κ2) is 4.89. The molecule has 1 N–H and O–H groups in total. The lowest BCUT2D eigenvalue weighted by atomic mass is 10.3. The number of rotatable bonds is 4. The SMILES string of the molecule is Cn1cc(NCc2nnnn2-c2ccccc2)cn1. The van der Waals surface area contributed by atoms with Crippen molar-refractivity contribution >= 4 is 5.69 Å². The van der Waals surface area contributed by atoms with Gasteiger partial charge in [-0.1, -0.05) is 18.2 Å². The average Bonchev–Trinajstić information content (AvgIpc) is 3.06. The molecule has 0 fully saturated rings. The Morgan fingerprint density at radius 1 is 1.21 bits per heavy atom. The van der Waals surface area contributed by atoms with Gasteiger partial charge in [-0.15, -0.1) is 5.10 Å². The van der Waals surface area contributed by atoms with Crippen LogP contribution < -0.4 is 5.32 Å².